The van der Waals surface area contributed by atoms with Gasteiger partial charge in [-0.1, -0.05) is 19.1 Å². The lowest BCUT2D eigenvalue weighted by Crippen LogP contribution is -2.32. The van der Waals surface area contributed by atoms with Gasteiger partial charge in [-0.05, 0) is 30.0 Å². The molecule has 1 saturated carbocycles. The summed E-state index contributed by atoms with van der Waals surface area (Å²) in [4.78, 5) is 16.5. The Morgan fingerprint density at radius 2 is 2.29 bits per heavy atom. The molecule has 1 N–H and O–H groups in total. The van der Waals surface area contributed by atoms with Gasteiger partial charge in [0.25, 0.3) is 0 Å². The third-order valence-corrected chi connectivity index (χ3v) is 4.03. The Bertz CT molecular complexity index is 667. The molecule has 3 atom stereocenters. The van der Waals surface area contributed by atoms with Crippen LogP contribution in [0.2, 0.25) is 0 Å². The van der Waals surface area contributed by atoms with Gasteiger partial charge < -0.3 is 9.88 Å². The first-order valence-corrected chi connectivity index (χ1v) is 7.09. The fraction of sp³-hybridized carbons (Fsp3) is 0.375. The number of carbonyl (C=O) groups is 1. The molecule has 3 rings (SSSR count). The summed E-state index contributed by atoms with van der Waals surface area (Å²) < 4.78 is 15.3. The van der Waals surface area contributed by atoms with Gasteiger partial charge in [-0.2, -0.15) is 0 Å². The second kappa shape index (κ2) is 5.31. The van der Waals surface area contributed by atoms with Gasteiger partial charge in [0.1, 0.15) is 17.7 Å². The van der Waals surface area contributed by atoms with Crippen molar-refractivity contribution in [3.63, 3.8) is 0 Å². The molecule has 0 radical (unpaired) electrons. The Balaban J connectivity index is 1.91. The number of rotatable bonds is 4. The quantitative estimate of drug-likeness (QED) is 0.938. The molecule has 0 saturated heterocycles. The molecule has 0 bridgehead atoms. The largest absolute Gasteiger partial charge is 0.342 e. The summed E-state index contributed by atoms with van der Waals surface area (Å²) in [6, 6.07) is 5.85. The van der Waals surface area contributed by atoms with Crippen LogP contribution in [0, 0.1) is 17.7 Å². The van der Waals surface area contributed by atoms with E-state index in [-0.39, 0.29) is 17.6 Å². The molecule has 4 nitrogen and oxygen atoms in total. The summed E-state index contributed by atoms with van der Waals surface area (Å²) in [5, 5.41) is 3.01. The first-order chi connectivity index (χ1) is 10.1. The molecule has 2 aromatic rings. The Hall–Kier alpha value is -2.17. The Labute approximate surface area is 123 Å². The van der Waals surface area contributed by atoms with E-state index in [9.17, 15) is 9.18 Å². The van der Waals surface area contributed by atoms with E-state index in [2.05, 4.69) is 17.2 Å². The zero-order chi connectivity index (χ0) is 15.0. The van der Waals surface area contributed by atoms with E-state index in [1.165, 1.54) is 12.1 Å². The van der Waals surface area contributed by atoms with E-state index < -0.39 is 6.04 Å². The predicted molar refractivity (Wildman–Crippen MR) is 76.9 cm³/mol. The summed E-state index contributed by atoms with van der Waals surface area (Å²) >= 11 is 0. The van der Waals surface area contributed by atoms with Gasteiger partial charge in [0.2, 0.25) is 5.91 Å². The fourth-order valence-electron chi connectivity index (χ4n) is 2.58. The van der Waals surface area contributed by atoms with Crippen LogP contribution in [0.4, 0.5) is 4.39 Å². The zero-order valence-electron chi connectivity index (χ0n) is 12.1. The topological polar surface area (TPSA) is 46.9 Å². The lowest BCUT2D eigenvalue weighted by Gasteiger charge is -2.19. The van der Waals surface area contributed by atoms with E-state index in [4.69, 9.17) is 0 Å². The molecule has 5 heteroatoms. The molecule has 1 aliphatic carbocycles. The van der Waals surface area contributed by atoms with Crippen LogP contribution in [0.1, 0.15) is 30.8 Å². The molecule has 1 fully saturated rings. The normalized spacial score (nSPS) is 21.9. The molecule has 1 aliphatic rings. The Morgan fingerprint density at radius 1 is 1.52 bits per heavy atom. The third kappa shape index (κ3) is 2.82. The number of nitrogens with one attached hydrogen (secondary N) is 1. The fourth-order valence-corrected chi connectivity index (χ4v) is 2.58. The van der Waals surface area contributed by atoms with Crippen LogP contribution >= 0.6 is 0 Å². The SMILES string of the molecule is CC1CC1C(=O)NC(c1cccc(F)c1)c1nccn1C. The minimum absolute atomic E-state index is 0.0137. The van der Waals surface area contributed by atoms with Crippen LogP contribution < -0.4 is 5.32 Å². The van der Waals surface area contributed by atoms with Gasteiger partial charge in [-0.25, -0.2) is 9.37 Å². The lowest BCUT2D eigenvalue weighted by molar-refractivity contribution is -0.123. The van der Waals surface area contributed by atoms with Crippen molar-refractivity contribution in [3.8, 4) is 0 Å². The molecule has 0 aliphatic heterocycles. The van der Waals surface area contributed by atoms with E-state index >= 15 is 0 Å². The molecular formula is C16H18FN3O. The van der Waals surface area contributed by atoms with Crippen molar-refractivity contribution in [2.45, 2.75) is 19.4 Å². The van der Waals surface area contributed by atoms with Crippen LogP contribution in [0.3, 0.4) is 0 Å². The highest BCUT2D eigenvalue weighted by molar-refractivity contribution is 5.82. The Morgan fingerprint density at radius 3 is 2.86 bits per heavy atom. The van der Waals surface area contributed by atoms with Crippen LogP contribution in [0.25, 0.3) is 0 Å². The number of benzene rings is 1. The van der Waals surface area contributed by atoms with E-state index in [0.29, 0.717) is 17.3 Å². The zero-order valence-corrected chi connectivity index (χ0v) is 12.1. The Kier molecular flexibility index (Phi) is 3.49. The van der Waals surface area contributed by atoms with E-state index in [1.54, 1.807) is 18.3 Å². The summed E-state index contributed by atoms with van der Waals surface area (Å²) in [7, 11) is 1.86. The molecule has 110 valence electrons. The second-order valence-electron chi connectivity index (χ2n) is 5.71. The number of imidazole rings is 1. The van der Waals surface area contributed by atoms with Crippen molar-refractivity contribution in [1.29, 1.82) is 0 Å². The van der Waals surface area contributed by atoms with Crippen molar-refractivity contribution < 1.29 is 9.18 Å². The maximum Gasteiger partial charge on any atom is 0.224 e. The molecule has 3 unspecified atom stereocenters. The first kappa shape index (κ1) is 13.8. The van der Waals surface area contributed by atoms with Crippen LogP contribution in [-0.2, 0) is 11.8 Å². The number of nitrogens with zero attached hydrogens (tertiary/aromatic N) is 2. The number of aromatic nitrogens is 2. The minimum Gasteiger partial charge on any atom is -0.342 e. The highest BCUT2D eigenvalue weighted by Gasteiger charge is 2.40. The molecule has 21 heavy (non-hydrogen) atoms. The highest BCUT2D eigenvalue weighted by Crippen LogP contribution is 2.38. The number of carbonyl (C=O) groups excluding carboxylic acids is 1. The summed E-state index contributed by atoms with van der Waals surface area (Å²) in [6.45, 7) is 2.06. The number of amides is 1. The van der Waals surface area contributed by atoms with Crippen molar-refractivity contribution in [2.75, 3.05) is 0 Å². The summed E-state index contributed by atoms with van der Waals surface area (Å²) in [6.07, 6.45) is 4.41. The minimum atomic E-state index is -0.430. The highest BCUT2D eigenvalue weighted by atomic mass is 19.1. The van der Waals surface area contributed by atoms with E-state index in [1.807, 2.05) is 17.8 Å². The van der Waals surface area contributed by atoms with E-state index in [0.717, 1.165) is 6.42 Å². The number of halogens is 1. The first-order valence-electron chi connectivity index (χ1n) is 7.09. The number of hydrogen-bond donors (Lipinski definition) is 1. The smallest absolute Gasteiger partial charge is 0.224 e. The third-order valence-electron chi connectivity index (χ3n) is 4.03. The van der Waals surface area contributed by atoms with Crippen molar-refractivity contribution >= 4 is 5.91 Å². The second-order valence-corrected chi connectivity index (χ2v) is 5.71. The number of hydrogen-bond acceptors (Lipinski definition) is 2. The van der Waals surface area contributed by atoms with Crippen LogP contribution in [-0.4, -0.2) is 15.5 Å². The average molecular weight is 287 g/mol. The van der Waals surface area contributed by atoms with Gasteiger partial charge in [-0.15, -0.1) is 0 Å². The molecule has 1 aromatic carbocycles. The van der Waals surface area contributed by atoms with Gasteiger partial charge in [-0.3, -0.25) is 4.79 Å². The maximum atomic E-state index is 13.5. The summed E-state index contributed by atoms with van der Waals surface area (Å²) in [5.41, 5.74) is 0.700. The molecule has 1 heterocycles. The predicted octanol–water partition coefficient (Wildman–Crippen LogP) is 2.42. The number of aryl methyl sites for hydroxylation is 1. The van der Waals surface area contributed by atoms with Gasteiger partial charge in [0.15, 0.2) is 0 Å². The van der Waals surface area contributed by atoms with Gasteiger partial charge >= 0.3 is 0 Å². The molecule has 0 spiro atoms. The molecule has 1 aromatic heterocycles. The maximum absolute atomic E-state index is 13.5. The standard InChI is InChI=1S/C16H18FN3O/c1-10-8-13(10)16(21)19-14(15-18-6-7-20(15)2)11-4-3-5-12(17)9-11/h3-7,9-10,13-14H,8H2,1-2H3,(H,19,21). The monoisotopic (exact) mass is 287 g/mol. The van der Waals surface area contributed by atoms with Crippen molar-refractivity contribution in [1.82, 2.24) is 14.9 Å². The van der Waals surface area contributed by atoms with Crippen LogP contribution in [0.5, 0.6) is 0 Å². The molecular weight excluding hydrogens is 269 g/mol. The lowest BCUT2D eigenvalue weighted by atomic mass is 10.1. The van der Waals surface area contributed by atoms with Crippen molar-refractivity contribution in [2.24, 2.45) is 18.9 Å². The average Bonchev–Trinajstić information content (AvgIpc) is 3.03. The van der Waals surface area contributed by atoms with Gasteiger partial charge in [0, 0.05) is 25.4 Å². The summed E-state index contributed by atoms with van der Waals surface area (Å²) in [5.74, 6) is 0.892. The van der Waals surface area contributed by atoms with Crippen molar-refractivity contribution in [3.05, 3.63) is 53.9 Å². The van der Waals surface area contributed by atoms with Crippen LogP contribution in [0.15, 0.2) is 36.7 Å². The van der Waals surface area contributed by atoms with Gasteiger partial charge in [0.05, 0.1) is 0 Å². The molecule has 1 amide bonds.